The summed E-state index contributed by atoms with van der Waals surface area (Å²) in [6.45, 7) is 0.489. The van der Waals surface area contributed by atoms with Crippen molar-refractivity contribution < 1.29 is 8.42 Å². The quantitative estimate of drug-likeness (QED) is 0.403. The first-order valence-electron chi connectivity index (χ1n) is 9.49. The SMILES string of the molecule is O=S(=O)(Nc1ncccc1NC/C=C/c1ccc(Cl)cc1)c1cccc2cnccc12. The zero-order valence-electron chi connectivity index (χ0n) is 16.4. The molecule has 0 saturated heterocycles. The topological polar surface area (TPSA) is 84.0 Å². The predicted molar refractivity (Wildman–Crippen MR) is 126 cm³/mol. The van der Waals surface area contributed by atoms with Crippen LogP contribution in [0.15, 0.2) is 90.2 Å². The number of hydrogen-bond acceptors (Lipinski definition) is 5. The Kier molecular flexibility index (Phi) is 6.16. The molecule has 0 fully saturated rings. The van der Waals surface area contributed by atoms with Crippen molar-refractivity contribution in [1.29, 1.82) is 0 Å². The van der Waals surface area contributed by atoms with Gasteiger partial charge in [-0.3, -0.25) is 9.71 Å². The monoisotopic (exact) mass is 450 g/mol. The van der Waals surface area contributed by atoms with Crippen molar-refractivity contribution in [3.05, 3.63) is 95.9 Å². The number of nitrogens with one attached hydrogen (secondary N) is 2. The fourth-order valence-electron chi connectivity index (χ4n) is 3.08. The minimum Gasteiger partial charge on any atom is -0.379 e. The van der Waals surface area contributed by atoms with E-state index in [1.165, 1.54) is 0 Å². The number of hydrogen-bond donors (Lipinski definition) is 2. The van der Waals surface area contributed by atoms with Gasteiger partial charge in [-0.15, -0.1) is 0 Å². The van der Waals surface area contributed by atoms with Gasteiger partial charge in [0.25, 0.3) is 10.0 Å². The summed E-state index contributed by atoms with van der Waals surface area (Å²) >= 11 is 5.90. The molecule has 0 aliphatic rings. The molecule has 2 heterocycles. The van der Waals surface area contributed by atoms with E-state index in [4.69, 9.17) is 11.6 Å². The maximum absolute atomic E-state index is 13.1. The zero-order chi connectivity index (χ0) is 21.7. The summed E-state index contributed by atoms with van der Waals surface area (Å²) in [6.07, 6.45) is 8.64. The predicted octanol–water partition coefficient (Wildman–Crippen LogP) is 5.21. The highest BCUT2D eigenvalue weighted by Gasteiger charge is 2.19. The molecule has 6 nitrogen and oxygen atoms in total. The molecule has 8 heteroatoms. The van der Waals surface area contributed by atoms with Gasteiger partial charge in [0.15, 0.2) is 5.82 Å². The summed E-state index contributed by atoms with van der Waals surface area (Å²) in [4.78, 5) is 8.44. The van der Waals surface area contributed by atoms with E-state index in [0.717, 1.165) is 10.9 Å². The number of rotatable bonds is 7. The van der Waals surface area contributed by atoms with Gasteiger partial charge in [0.05, 0.1) is 10.6 Å². The number of anilines is 2. The first-order chi connectivity index (χ1) is 15.0. The van der Waals surface area contributed by atoms with Crippen LogP contribution in [0.2, 0.25) is 5.02 Å². The van der Waals surface area contributed by atoms with Gasteiger partial charge in [0.2, 0.25) is 0 Å². The lowest BCUT2D eigenvalue weighted by Gasteiger charge is -2.13. The maximum Gasteiger partial charge on any atom is 0.263 e. The smallest absolute Gasteiger partial charge is 0.263 e. The Hall–Kier alpha value is -3.42. The van der Waals surface area contributed by atoms with Crippen LogP contribution in [-0.4, -0.2) is 24.9 Å². The number of aromatic nitrogens is 2. The third-order valence-corrected chi connectivity index (χ3v) is 6.21. The first kappa shape index (κ1) is 20.8. The van der Waals surface area contributed by atoms with Crippen molar-refractivity contribution in [3.8, 4) is 0 Å². The molecule has 4 aromatic rings. The Morgan fingerprint density at radius 2 is 1.81 bits per heavy atom. The Balaban J connectivity index is 1.52. The van der Waals surface area contributed by atoms with Crippen molar-refractivity contribution in [2.24, 2.45) is 0 Å². The van der Waals surface area contributed by atoms with Crippen LogP contribution in [-0.2, 0) is 10.0 Å². The fraction of sp³-hybridized carbons (Fsp3) is 0.0435. The second kappa shape index (κ2) is 9.16. The highest BCUT2D eigenvalue weighted by Crippen LogP contribution is 2.26. The molecule has 0 unspecified atom stereocenters. The fourth-order valence-corrected chi connectivity index (χ4v) is 4.46. The van der Waals surface area contributed by atoms with Crippen LogP contribution in [0.4, 0.5) is 11.5 Å². The molecule has 0 aliphatic heterocycles. The van der Waals surface area contributed by atoms with Gasteiger partial charge in [0, 0.05) is 40.9 Å². The minimum absolute atomic E-state index is 0.173. The van der Waals surface area contributed by atoms with Gasteiger partial charge < -0.3 is 5.32 Å². The molecule has 2 aromatic heterocycles. The second-order valence-electron chi connectivity index (χ2n) is 6.69. The normalized spacial score (nSPS) is 11.6. The number of fused-ring (bicyclic) bond motifs is 1. The van der Waals surface area contributed by atoms with E-state index in [2.05, 4.69) is 20.0 Å². The van der Waals surface area contributed by atoms with E-state index < -0.39 is 10.0 Å². The average Bonchev–Trinajstić information content (AvgIpc) is 2.78. The van der Waals surface area contributed by atoms with Crippen LogP contribution in [0.5, 0.6) is 0 Å². The van der Waals surface area contributed by atoms with Crippen molar-refractivity contribution in [1.82, 2.24) is 9.97 Å². The number of halogens is 1. The summed E-state index contributed by atoms with van der Waals surface area (Å²) in [6, 6.07) is 17.8. The standard InChI is InChI=1S/C23H19ClN4O2S/c24-19-10-8-17(9-11-19)4-2-13-26-21-6-3-14-27-23(21)28-31(29,30)22-7-1-5-18-16-25-15-12-20(18)22/h1-12,14-16,26H,13H2,(H,27,28)/b4-2+. The summed E-state index contributed by atoms with van der Waals surface area (Å²) in [5.41, 5.74) is 1.59. The highest BCUT2D eigenvalue weighted by atomic mass is 35.5. The lowest BCUT2D eigenvalue weighted by molar-refractivity contribution is 0.602. The van der Waals surface area contributed by atoms with Gasteiger partial charge in [-0.05, 0) is 42.0 Å². The van der Waals surface area contributed by atoms with E-state index in [1.54, 1.807) is 48.9 Å². The molecule has 0 radical (unpaired) electrons. The van der Waals surface area contributed by atoms with Gasteiger partial charge in [0.1, 0.15) is 0 Å². The molecule has 0 spiro atoms. The number of nitrogens with zero attached hydrogens (tertiary/aromatic N) is 2. The van der Waals surface area contributed by atoms with Crippen LogP contribution < -0.4 is 10.0 Å². The van der Waals surface area contributed by atoms with Gasteiger partial charge >= 0.3 is 0 Å². The van der Waals surface area contributed by atoms with Crippen LogP contribution in [0.25, 0.3) is 16.8 Å². The average molecular weight is 451 g/mol. The van der Waals surface area contributed by atoms with Crippen LogP contribution in [0.1, 0.15) is 5.56 Å². The molecule has 0 bridgehead atoms. The highest BCUT2D eigenvalue weighted by molar-refractivity contribution is 7.93. The number of sulfonamides is 1. The number of benzene rings is 2. The van der Waals surface area contributed by atoms with Crippen molar-refractivity contribution in [2.45, 2.75) is 4.90 Å². The molecule has 4 rings (SSSR count). The van der Waals surface area contributed by atoms with E-state index >= 15 is 0 Å². The van der Waals surface area contributed by atoms with Gasteiger partial charge in [-0.25, -0.2) is 13.4 Å². The number of pyridine rings is 2. The van der Waals surface area contributed by atoms with Crippen LogP contribution >= 0.6 is 11.6 Å². The Bertz CT molecular complexity index is 1330. The Morgan fingerprint density at radius 1 is 0.968 bits per heavy atom. The molecule has 0 atom stereocenters. The van der Waals surface area contributed by atoms with Gasteiger partial charge in [-0.2, -0.15) is 0 Å². The maximum atomic E-state index is 13.1. The van der Waals surface area contributed by atoms with Crippen LogP contribution in [0, 0.1) is 0 Å². The zero-order valence-corrected chi connectivity index (χ0v) is 17.9. The summed E-state index contributed by atoms with van der Waals surface area (Å²) in [5.74, 6) is 0.230. The lowest BCUT2D eigenvalue weighted by Crippen LogP contribution is -2.16. The first-order valence-corrected chi connectivity index (χ1v) is 11.4. The molecule has 0 saturated carbocycles. The lowest BCUT2D eigenvalue weighted by atomic mass is 10.2. The molecule has 0 aliphatic carbocycles. The molecular weight excluding hydrogens is 432 g/mol. The van der Waals surface area contributed by atoms with Crippen molar-refractivity contribution >= 4 is 50.0 Å². The van der Waals surface area contributed by atoms with E-state index in [9.17, 15) is 8.42 Å². The van der Waals surface area contributed by atoms with E-state index in [-0.39, 0.29) is 10.7 Å². The molecular formula is C23H19ClN4O2S. The van der Waals surface area contributed by atoms with E-state index in [1.807, 2.05) is 42.5 Å². The van der Waals surface area contributed by atoms with Gasteiger partial charge in [-0.1, -0.05) is 48.0 Å². The summed E-state index contributed by atoms with van der Waals surface area (Å²) in [5, 5.41) is 5.22. The molecule has 2 aromatic carbocycles. The van der Waals surface area contributed by atoms with Crippen LogP contribution in [0.3, 0.4) is 0 Å². The van der Waals surface area contributed by atoms with Crippen molar-refractivity contribution in [3.63, 3.8) is 0 Å². The Morgan fingerprint density at radius 3 is 2.65 bits per heavy atom. The minimum atomic E-state index is -3.85. The largest absolute Gasteiger partial charge is 0.379 e. The van der Waals surface area contributed by atoms with Crippen molar-refractivity contribution in [2.75, 3.05) is 16.6 Å². The summed E-state index contributed by atoms with van der Waals surface area (Å²) in [7, 11) is -3.85. The van der Waals surface area contributed by atoms with E-state index in [0.29, 0.717) is 22.6 Å². The Labute approximate surface area is 185 Å². The molecule has 0 amide bonds. The summed E-state index contributed by atoms with van der Waals surface area (Å²) < 4.78 is 28.8. The second-order valence-corrected chi connectivity index (χ2v) is 8.78. The third kappa shape index (κ3) is 5.02. The molecule has 2 N–H and O–H groups in total. The third-order valence-electron chi connectivity index (χ3n) is 4.56. The molecule has 156 valence electrons. The molecule has 31 heavy (non-hydrogen) atoms.